The summed E-state index contributed by atoms with van der Waals surface area (Å²) in [6.45, 7) is 7.32. The van der Waals surface area contributed by atoms with E-state index < -0.39 is 0 Å². The van der Waals surface area contributed by atoms with Gasteiger partial charge in [-0.15, -0.1) is 6.58 Å². The molecule has 1 aromatic rings. The van der Waals surface area contributed by atoms with E-state index in [1.807, 2.05) is 13.0 Å². The number of phenols is 2. The van der Waals surface area contributed by atoms with Crippen LogP contribution in [0.25, 0.3) is 0 Å². The third-order valence-corrected chi connectivity index (χ3v) is 3.42. The summed E-state index contributed by atoms with van der Waals surface area (Å²) in [6.07, 6.45) is 7.16. The van der Waals surface area contributed by atoms with E-state index >= 15 is 0 Å². The first kappa shape index (κ1) is 16.8. The molecule has 0 aromatic heterocycles. The number of rotatable bonds is 2. The predicted molar refractivity (Wildman–Crippen MR) is 85.3 cm³/mol. The second-order valence-corrected chi connectivity index (χ2v) is 5.30. The highest BCUT2D eigenvalue weighted by atomic mass is 16.3. The van der Waals surface area contributed by atoms with Crippen molar-refractivity contribution in [1.82, 2.24) is 0 Å². The summed E-state index contributed by atoms with van der Waals surface area (Å²) >= 11 is 0. The lowest BCUT2D eigenvalue weighted by atomic mass is 9.84. The Morgan fingerprint density at radius 1 is 1.38 bits per heavy atom. The molecule has 0 saturated carbocycles. The SMILES string of the molecule is C=CC.CC1=CC(c2c(O)cc(CC#N)cc2O)CCC1. The molecule has 3 nitrogen and oxygen atoms in total. The van der Waals surface area contributed by atoms with Gasteiger partial charge >= 0.3 is 0 Å². The van der Waals surface area contributed by atoms with Gasteiger partial charge < -0.3 is 10.2 Å². The first-order chi connectivity index (χ1) is 10.0. The summed E-state index contributed by atoms with van der Waals surface area (Å²) in [5.41, 5.74) is 2.54. The van der Waals surface area contributed by atoms with E-state index in [1.54, 1.807) is 18.2 Å². The maximum Gasteiger partial charge on any atom is 0.123 e. The van der Waals surface area contributed by atoms with Crippen LogP contribution in [0.4, 0.5) is 0 Å². The fourth-order valence-electron chi connectivity index (χ4n) is 2.59. The Labute approximate surface area is 126 Å². The van der Waals surface area contributed by atoms with Crippen molar-refractivity contribution in [3.8, 4) is 17.6 Å². The molecule has 0 aliphatic heterocycles. The van der Waals surface area contributed by atoms with Crippen LogP contribution in [-0.2, 0) is 6.42 Å². The first-order valence-corrected chi connectivity index (χ1v) is 7.19. The van der Waals surface area contributed by atoms with Gasteiger partial charge in [0.2, 0.25) is 0 Å². The minimum atomic E-state index is 0.0786. The number of benzene rings is 1. The lowest BCUT2D eigenvalue weighted by molar-refractivity contribution is 0.428. The van der Waals surface area contributed by atoms with Gasteiger partial charge in [0.1, 0.15) is 11.5 Å². The Morgan fingerprint density at radius 2 is 1.95 bits per heavy atom. The van der Waals surface area contributed by atoms with E-state index in [9.17, 15) is 10.2 Å². The molecule has 0 radical (unpaired) electrons. The molecule has 0 bridgehead atoms. The summed E-state index contributed by atoms with van der Waals surface area (Å²) in [7, 11) is 0. The van der Waals surface area contributed by atoms with Gasteiger partial charge in [0.15, 0.2) is 0 Å². The molecule has 0 amide bonds. The molecule has 1 aliphatic rings. The molecule has 0 saturated heterocycles. The Hall–Kier alpha value is -2.21. The van der Waals surface area contributed by atoms with Gasteiger partial charge in [0.25, 0.3) is 0 Å². The van der Waals surface area contributed by atoms with Crippen LogP contribution in [-0.4, -0.2) is 10.2 Å². The molecule has 21 heavy (non-hydrogen) atoms. The monoisotopic (exact) mass is 285 g/mol. The number of nitriles is 1. The highest BCUT2D eigenvalue weighted by molar-refractivity contribution is 5.51. The number of nitrogens with zero attached hydrogens (tertiary/aromatic N) is 1. The van der Waals surface area contributed by atoms with Gasteiger partial charge in [0.05, 0.1) is 12.5 Å². The zero-order chi connectivity index (χ0) is 15.8. The van der Waals surface area contributed by atoms with Crippen LogP contribution in [0.15, 0.2) is 36.4 Å². The average Bonchev–Trinajstić information content (AvgIpc) is 2.39. The van der Waals surface area contributed by atoms with Crippen LogP contribution in [0, 0.1) is 11.3 Å². The van der Waals surface area contributed by atoms with Gasteiger partial charge in [0, 0.05) is 11.5 Å². The van der Waals surface area contributed by atoms with Gasteiger partial charge in [-0.05, 0) is 50.8 Å². The quantitative estimate of drug-likeness (QED) is 0.782. The highest BCUT2D eigenvalue weighted by Gasteiger charge is 2.21. The number of aromatic hydroxyl groups is 2. The van der Waals surface area contributed by atoms with Crippen molar-refractivity contribution in [2.24, 2.45) is 0 Å². The number of hydrogen-bond acceptors (Lipinski definition) is 3. The molecule has 0 fully saturated rings. The molecule has 1 unspecified atom stereocenters. The van der Waals surface area contributed by atoms with Gasteiger partial charge in [-0.2, -0.15) is 5.26 Å². The summed E-state index contributed by atoms with van der Waals surface area (Å²) in [4.78, 5) is 0. The van der Waals surface area contributed by atoms with Crippen molar-refractivity contribution < 1.29 is 10.2 Å². The molecule has 3 heteroatoms. The molecule has 112 valence electrons. The Bertz CT molecular complexity index is 544. The van der Waals surface area contributed by atoms with E-state index in [0.717, 1.165) is 19.3 Å². The number of phenolic OH excluding ortho intramolecular Hbond substituents is 2. The lowest BCUT2D eigenvalue weighted by Gasteiger charge is -2.21. The van der Waals surface area contributed by atoms with E-state index in [-0.39, 0.29) is 23.8 Å². The average molecular weight is 285 g/mol. The highest BCUT2D eigenvalue weighted by Crippen LogP contribution is 2.41. The molecule has 1 atom stereocenters. The Balaban J connectivity index is 0.000000677. The topological polar surface area (TPSA) is 64.2 Å². The van der Waals surface area contributed by atoms with Crippen LogP contribution in [0.2, 0.25) is 0 Å². The van der Waals surface area contributed by atoms with Crippen molar-refractivity contribution >= 4 is 0 Å². The molecular weight excluding hydrogens is 262 g/mol. The van der Waals surface area contributed by atoms with Crippen molar-refractivity contribution in [3.63, 3.8) is 0 Å². The molecule has 2 rings (SSSR count). The minimum Gasteiger partial charge on any atom is -0.507 e. The van der Waals surface area contributed by atoms with Gasteiger partial charge in [-0.3, -0.25) is 0 Å². The van der Waals surface area contributed by atoms with Crippen LogP contribution >= 0.6 is 0 Å². The van der Waals surface area contributed by atoms with Crippen molar-refractivity contribution in [2.45, 2.75) is 45.4 Å². The minimum absolute atomic E-state index is 0.0786. The number of allylic oxidation sites excluding steroid dienone is 3. The molecule has 1 aliphatic carbocycles. The summed E-state index contributed by atoms with van der Waals surface area (Å²) < 4.78 is 0. The summed E-state index contributed by atoms with van der Waals surface area (Å²) in [6, 6.07) is 5.17. The van der Waals surface area contributed by atoms with E-state index in [4.69, 9.17) is 5.26 Å². The summed E-state index contributed by atoms with van der Waals surface area (Å²) in [5.74, 6) is 0.266. The van der Waals surface area contributed by atoms with Crippen molar-refractivity contribution in [3.05, 3.63) is 47.6 Å². The zero-order valence-electron chi connectivity index (χ0n) is 12.8. The Kier molecular flexibility index (Phi) is 6.55. The maximum atomic E-state index is 10.0. The molecule has 0 spiro atoms. The second kappa shape index (κ2) is 8.16. The third kappa shape index (κ3) is 4.68. The standard InChI is InChI=1S/C15H17NO2.C3H6/c1-10-3-2-4-12(7-10)15-13(17)8-11(5-6-16)9-14(15)18;1-3-2/h7-9,12,17-18H,2-5H2,1H3;3H,1H2,2H3. The fourth-order valence-corrected chi connectivity index (χ4v) is 2.59. The lowest BCUT2D eigenvalue weighted by Crippen LogP contribution is -2.03. The molecule has 1 aromatic carbocycles. The third-order valence-electron chi connectivity index (χ3n) is 3.42. The van der Waals surface area contributed by atoms with E-state index in [0.29, 0.717) is 11.1 Å². The largest absolute Gasteiger partial charge is 0.507 e. The second-order valence-electron chi connectivity index (χ2n) is 5.30. The van der Waals surface area contributed by atoms with Gasteiger partial charge in [-0.25, -0.2) is 0 Å². The van der Waals surface area contributed by atoms with Crippen molar-refractivity contribution in [2.75, 3.05) is 0 Å². The van der Waals surface area contributed by atoms with Gasteiger partial charge in [-0.1, -0.05) is 17.7 Å². The van der Waals surface area contributed by atoms with Crippen LogP contribution in [0.1, 0.15) is 50.2 Å². The van der Waals surface area contributed by atoms with Crippen LogP contribution in [0.3, 0.4) is 0 Å². The smallest absolute Gasteiger partial charge is 0.123 e. The first-order valence-electron chi connectivity index (χ1n) is 7.19. The fraction of sp³-hybridized carbons (Fsp3) is 0.389. The van der Waals surface area contributed by atoms with E-state index in [1.165, 1.54) is 5.57 Å². The molecular formula is C18H23NO2. The van der Waals surface area contributed by atoms with Crippen LogP contribution < -0.4 is 0 Å². The maximum absolute atomic E-state index is 10.0. The van der Waals surface area contributed by atoms with Crippen molar-refractivity contribution in [1.29, 1.82) is 5.26 Å². The number of hydrogen-bond donors (Lipinski definition) is 2. The molecule has 0 heterocycles. The zero-order valence-corrected chi connectivity index (χ0v) is 12.8. The van der Waals surface area contributed by atoms with E-state index in [2.05, 4.69) is 19.6 Å². The Morgan fingerprint density at radius 3 is 2.43 bits per heavy atom. The predicted octanol–water partition coefficient (Wildman–Crippen LogP) is 4.57. The summed E-state index contributed by atoms with van der Waals surface area (Å²) in [5, 5.41) is 28.7. The molecule has 2 N–H and O–H groups in total. The normalized spacial score (nSPS) is 17.0. The van der Waals surface area contributed by atoms with Crippen LogP contribution in [0.5, 0.6) is 11.5 Å².